The first kappa shape index (κ1) is 24.6. The summed E-state index contributed by atoms with van der Waals surface area (Å²) in [5, 5.41) is 15.1. The normalized spacial score (nSPS) is 12.4. The van der Waals surface area contributed by atoms with Gasteiger partial charge in [0.25, 0.3) is 5.69 Å². The number of nitrogens with one attached hydrogen (secondary N) is 1. The molecule has 0 amide bonds. The van der Waals surface area contributed by atoms with E-state index in [1.54, 1.807) is 32.9 Å². The van der Waals surface area contributed by atoms with Gasteiger partial charge >= 0.3 is 5.97 Å². The first-order valence-electron chi connectivity index (χ1n) is 10.7. The summed E-state index contributed by atoms with van der Waals surface area (Å²) in [7, 11) is 0. The van der Waals surface area contributed by atoms with E-state index in [2.05, 4.69) is 21.2 Å². The molecule has 7 heteroatoms. The Bertz CT molecular complexity index is 1060. The highest BCUT2D eigenvalue weighted by molar-refractivity contribution is 9.10. The minimum absolute atomic E-state index is 0.0456. The van der Waals surface area contributed by atoms with Gasteiger partial charge in [-0.2, -0.15) is 0 Å². The number of rotatable bonds is 8. The fourth-order valence-electron chi connectivity index (χ4n) is 3.56. The van der Waals surface area contributed by atoms with Crippen LogP contribution in [0.3, 0.4) is 0 Å². The van der Waals surface area contributed by atoms with Crippen LogP contribution in [0.15, 0.2) is 83.3 Å². The third kappa shape index (κ3) is 6.97. The Labute approximate surface area is 202 Å². The van der Waals surface area contributed by atoms with Crippen molar-refractivity contribution in [2.24, 2.45) is 0 Å². The van der Waals surface area contributed by atoms with Crippen molar-refractivity contribution in [2.45, 2.75) is 44.9 Å². The van der Waals surface area contributed by atoms with Gasteiger partial charge in [0.2, 0.25) is 0 Å². The molecule has 0 spiro atoms. The lowest BCUT2D eigenvalue weighted by Crippen LogP contribution is -2.44. The fourth-order valence-corrected chi connectivity index (χ4v) is 3.91. The van der Waals surface area contributed by atoms with Gasteiger partial charge in [-0.25, -0.2) is 0 Å². The van der Waals surface area contributed by atoms with Crippen LogP contribution >= 0.6 is 15.9 Å². The molecule has 3 aromatic rings. The van der Waals surface area contributed by atoms with Gasteiger partial charge in [0, 0.05) is 22.5 Å². The number of hydrogen-bond acceptors (Lipinski definition) is 5. The van der Waals surface area contributed by atoms with Crippen molar-refractivity contribution in [3.8, 4) is 0 Å². The number of esters is 1. The zero-order valence-corrected chi connectivity index (χ0v) is 20.4. The number of carbonyl (C=O) groups is 1. The number of hydrogen-bond donors (Lipinski definition) is 1. The summed E-state index contributed by atoms with van der Waals surface area (Å²) in [5.41, 5.74) is 1.66. The lowest BCUT2D eigenvalue weighted by molar-refractivity contribution is -0.385. The van der Waals surface area contributed by atoms with Crippen molar-refractivity contribution in [1.29, 1.82) is 0 Å². The minimum Gasteiger partial charge on any atom is -0.459 e. The van der Waals surface area contributed by atoms with Crippen LogP contribution in [-0.4, -0.2) is 22.5 Å². The van der Waals surface area contributed by atoms with Crippen LogP contribution in [0.4, 0.5) is 5.69 Å². The van der Waals surface area contributed by atoms with Crippen LogP contribution in [0.25, 0.3) is 0 Å². The van der Waals surface area contributed by atoms with Crippen molar-refractivity contribution in [3.63, 3.8) is 0 Å². The molecule has 6 nitrogen and oxygen atoms in total. The fraction of sp³-hybridized carbons (Fsp3) is 0.269. The summed E-state index contributed by atoms with van der Waals surface area (Å²) >= 11 is 3.29. The topological polar surface area (TPSA) is 81.5 Å². The molecule has 0 saturated heterocycles. The molecule has 0 aliphatic rings. The molecule has 0 heterocycles. The van der Waals surface area contributed by atoms with E-state index >= 15 is 0 Å². The van der Waals surface area contributed by atoms with Gasteiger partial charge < -0.3 is 4.74 Å². The third-order valence-corrected chi connectivity index (χ3v) is 5.49. The summed E-state index contributed by atoms with van der Waals surface area (Å²) in [6.07, 6.45) is 0.106. The molecule has 3 aromatic carbocycles. The van der Waals surface area contributed by atoms with Crippen molar-refractivity contribution in [3.05, 3.63) is 110 Å². The maximum atomic E-state index is 13.2. The summed E-state index contributed by atoms with van der Waals surface area (Å²) in [6, 6.07) is 23.3. The van der Waals surface area contributed by atoms with E-state index < -0.39 is 22.5 Å². The summed E-state index contributed by atoms with van der Waals surface area (Å²) in [5.74, 6) is -0.462. The largest absolute Gasteiger partial charge is 0.459 e. The summed E-state index contributed by atoms with van der Waals surface area (Å²) in [4.78, 5) is 24.5. The minimum atomic E-state index is -0.811. The Balaban J connectivity index is 2.01. The molecule has 0 saturated carbocycles. The van der Waals surface area contributed by atoms with Crippen LogP contribution in [0.5, 0.6) is 0 Å². The Morgan fingerprint density at radius 2 is 1.55 bits per heavy atom. The monoisotopic (exact) mass is 510 g/mol. The molecular formula is C26H27BrN2O4. The molecule has 0 bridgehead atoms. The van der Waals surface area contributed by atoms with E-state index in [1.807, 2.05) is 60.7 Å². The number of nitrogens with zero attached hydrogens (tertiary/aromatic N) is 1. The van der Waals surface area contributed by atoms with Gasteiger partial charge in [0.05, 0.1) is 11.0 Å². The number of nitro benzene ring substituents is 1. The second-order valence-electron chi connectivity index (χ2n) is 8.74. The molecule has 0 aliphatic carbocycles. The van der Waals surface area contributed by atoms with E-state index in [4.69, 9.17) is 4.74 Å². The molecule has 1 unspecified atom stereocenters. The van der Waals surface area contributed by atoms with Gasteiger partial charge in [-0.1, -0.05) is 82.7 Å². The second-order valence-corrected chi connectivity index (χ2v) is 9.66. The second kappa shape index (κ2) is 10.7. The Morgan fingerprint density at radius 1 is 1.00 bits per heavy atom. The van der Waals surface area contributed by atoms with Crippen molar-refractivity contribution >= 4 is 27.6 Å². The van der Waals surface area contributed by atoms with E-state index in [0.717, 1.165) is 11.1 Å². The molecule has 172 valence electrons. The van der Waals surface area contributed by atoms with Crippen LogP contribution in [0, 0.1) is 10.1 Å². The maximum absolute atomic E-state index is 13.2. The van der Waals surface area contributed by atoms with E-state index in [9.17, 15) is 14.9 Å². The predicted molar refractivity (Wildman–Crippen MR) is 132 cm³/mol. The van der Waals surface area contributed by atoms with Crippen LogP contribution in [0.1, 0.15) is 43.5 Å². The van der Waals surface area contributed by atoms with Crippen molar-refractivity contribution < 1.29 is 14.5 Å². The summed E-state index contributed by atoms with van der Waals surface area (Å²) in [6.45, 7) is 5.40. The molecule has 1 atom stereocenters. The van der Waals surface area contributed by atoms with Crippen molar-refractivity contribution in [2.75, 3.05) is 0 Å². The quantitative estimate of drug-likeness (QED) is 0.228. The molecule has 3 rings (SSSR count). The molecule has 0 aliphatic heterocycles. The van der Waals surface area contributed by atoms with Crippen LogP contribution in [-0.2, 0) is 16.0 Å². The van der Waals surface area contributed by atoms with Gasteiger partial charge in [0.15, 0.2) is 0 Å². The number of nitro groups is 1. The van der Waals surface area contributed by atoms with Gasteiger partial charge in [0.1, 0.15) is 11.6 Å². The first-order valence-corrected chi connectivity index (χ1v) is 11.4. The highest BCUT2D eigenvalue weighted by atomic mass is 79.9. The van der Waals surface area contributed by atoms with E-state index in [1.165, 1.54) is 6.07 Å². The number of carbonyl (C=O) groups excluding carboxylic acids is 1. The van der Waals surface area contributed by atoms with E-state index in [0.29, 0.717) is 10.0 Å². The summed E-state index contributed by atoms with van der Waals surface area (Å²) < 4.78 is 6.29. The number of ether oxygens (including phenoxy) is 1. The van der Waals surface area contributed by atoms with Crippen LogP contribution < -0.4 is 5.32 Å². The maximum Gasteiger partial charge on any atom is 0.324 e. The van der Waals surface area contributed by atoms with Gasteiger partial charge in [-0.3, -0.25) is 20.2 Å². The molecule has 0 aromatic heterocycles. The van der Waals surface area contributed by atoms with E-state index in [-0.39, 0.29) is 18.2 Å². The molecule has 1 N–H and O–H groups in total. The average molecular weight is 511 g/mol. The standard InChI is InChI=1S/C26H27BrN2O4/c1-26(2,3)33-25(30)22(16-20-14-15-21(27)17-23(20)29(31)32)28-24(18-10-6-4-7-11-18)19-12-8-5-9-13-19/h4-15,17,22,24,28H,16H2,1-3H3. The van der Waals surface area contributed by atoms with Gasteiger partial charge in [-0.05, 0) is 38.0 Å². The number of benzene rings is 3. The zero-order valence-electron chi connectivity index (χ0n) is 18.8. The Hall–Kier alpha value is -3.03. The smallest absolute Gasteiger partial charge is 0.324 e. The Morgan fingerprint density at radius 3 is 2.03 bits per heavy atom. The zero-order chi connectivity index (χ0) is 24.0. The lowest BCUT2D eigenvalue weighted by Gasteiger charge is -2.28. The molecule has 0 fully saturated rings. The third-order valence-electron chi connectivity index (χ3n) is 4.99. The highest BCUT2D eigenvalue weighted by Gasteiger charge is 2.30. The highest BCUT2D eigenvalue weighted by Crippen LogP contribution is 2.28. The molecule has 0 radical (unpaired) electrons. The number of halogens is 1. The van der Waals surface area contributed by atoms with Crippen molar-refractivity contribution in [1.82, 2.24) is 5.32 Å². The molecular weight excluding hydrogens is 484 g/mol. The van der Waals surface area contributed by atoms with Gasteiger partial charge in [-0.15, -0.1) is 0 Å². The first-order chi connectivity index (χ1) is 15.6. The lowest BCUT2D eigenvalue weighted by atomic mass is 9.96. The average Bonchev–Trinajstić information content (AvgIpc) is 2.77. The Kier molecular flexibility index (Phi) is 8.00. The SMILES string of the molecule is CC(C)(C)OC(=O)C(Cc1ccc(Br)cc1[N+](=O)[O-])NC(c1ccccc1)c1ccccc1. The van der Waals surface area contributed by atoms with Crippen LogP contribution in [0.2, 0.25) is 0 Å². The molecule has 33 heavy (non-hydrogen) atoms. The predicted octanol–water partition coefficient (Wildman–Crippen LogP) is 5.99.